The number of halogens is 1. The van der Waals surface area contributed by atoms with Gasteiger partial charge in [0, 0.05) is 23.4 Å². The largest absolute Gasteiger partial charge is 0.375 e. The summed E-state index contributed by atoms with van der Waals surface area (Å²) < 4.78 is 14.8. The van der Waals surface area contributed by atoms with Gasteiger partial charge in [-0.15, -0.1) is 0 Å². The van der Waals surface area contributed by atoms with Crippen molar-refractivity contribution in [2.75, 3.05) is 19.4 Å². The summed E-state index contributed by atoms with van der Waals surface area (Å²) in [6.07, 6.45) is 7.00. The van der Waals surface area contributed by atoms with Crippen molar-refractivity contribution < 1.29 is 9.29 Å². The first-order valence-corrected chi connectivity index (χ1v) is 9.33. The minimum absolute atomic E-state index is 0.0129. The van der Waals surface area contributed by atoms with Gasteiger partial charge in [0.1, 0.15) is 6.10 Å². The summed E-state index contributed by atoms with van der Waals surface area (Å²) in [5, 5.41) is 4.51. The third-order valence-corrected chi connectivity index (χ3v) is 5.27. The average molecular weight is 344 g/mol. The smallest absolute Gasteiger partial charge is 0.100 e. The predicted molar refractivity (Wildman–Crippen MR) is 94.7 cm³/mol. The molecule has 1 aromatic carbocycles. The molecule has 1 saturated carbocycles. The first kappa shape index (κ1) is 18.1. The Hall–Kier alpha value is -0.260. The second-order valence-electron chi connectivity index (χ2n) is 6.00. The number of hydrogen-bond acceptors (Lipinski definition) is 4. The van der Waals surface area contributed by atoms with Crippen molar-refractivity contribution in [1.29, 1.82) is 0 Å². The maximum Gasteiger partial charge on any atom is 0.100 e. The van der Waals surface area contributed by atoms with E-state index in [9.17, 15) is 0 Å². The molecule has 0 heterocycles. The molecule has 0 saturated heterocycles. The molecule has 1 aliphatic rings. The fourth-order valence-corrected chi connectivity index (χ4v) is 3.91. The molecule has 3 nitrogen and oxygen atoms in total. The Balaban J connectivity index is 2.15. The number of rotatable bonds is 8. The standard InChI is InChI=1S/C17H26ClNO2S/c1-21-16(14-6-8-15(18)9-7-14)17(10-3-2-4-11-17)19-12-5-13-22-20/h6-9,16,19-20H,2-5,10-13H2,1H3. The molecule has 1 unspecified atom stereocenters. The van der Waals surface area contributed by atoms with Gasteiger partial charge in [0.15, 0.2) is 0 Å². The lowest BCUT2D eigenvalue weighted by molar-refractivity contribution is -0.00456. The van der Waals surface area contributed by atoms with E-state index in [0.29, 0.717) is 0 Å². The van der Waals surface area contributed by atoms with E-state index >= 15 is 0 Å². The molecule has 0 spiro atoms. The lowest BCUT2D eigenvalue weighted by atomic mass is 9.75. The molecule has 0 radical (unpaired) electrons. The predicted octanol–water partition coefficient (Wildman–Crippen LogP) is 4.92. The van der Waals surface area contributed by atoms with Crippen molar-refractivity contribution in [2.45, 2.75) is 50.2 Å². The van der Waals surface area contributed by atoms with Crippen molar-refractivity contribution in [2.24, 2.45) is 0 Å². The summed E-state index contributed by atoms with van der Waals surface area (Å²) in [5.41, 5.74) is 1.17. The van der Waals surface area contributed by atoms with Crippen LogP contribution < -0.4 is 5.32 Å². The van der Waals surface area contributed by atoms with Gasteiger partial charge in [-0.1, -0.05) is 43.0 Å². The Morgan fingerprint density at radius 1 is 1.27 bits per heavy atom. The van der Waals surface area contributed by atoms with Gasteiger partial charge >= 0.3 is 0 Å². The van der Waals surface area contributed by atoms with Crippen LogP contribution in [0.4, 0.5) is 0 Å². The third kappa shape index (κ3) is 4.62. The van der Waals surface area contributed by atoms with Gasteiger partial charge in [0.05, 0.1) is 0 Å². The fraction of sp³-hybridized carbons (Fsp3) is 0.647. The highest BCUT2D eigenvalue weighted by molar-refractivity contribution is 7.93. The lowest BCUT2D eigenvalue weighted by Crippen LogP contribution is -2.52. The normalized spacial score (nSPS) is 19.0. The first-order chi connectivity index (χ1) is 10.7. The van der Waals surface area contributed by atoms with E-state index in [1.165, 1.54) is 24.8 Å². The molecule has 1 fully saturated rings. The number of ether oxygens (including phenoxy) is 1. The number of hydrogen-bond donors (Lipinski definition) is 2. The van der Waals surface area contributed by atoms with Crippen LogP contribution >= 0.6 is 23.6 Å². The molecule has 2 N–H and O–H groups in total. The van der Waals surface area contributed by atoms with Crippen LogP contribution in [0.3, 0.4) is 0 Å². The second-order valence-corrected chi connectivity index (χ2v) is 7.10. The van der Waals surface area contributed by atoms with Gasteiger partial charge in [0.2, 0.25) is 0 Å². The molecule has 5 heteroatoms. The highest BCUT2D eigenvalue weighted by Gasteiger charge is 2.40. The number of benzene rings is 1. The maximum absolute atomic E-state index is 8.88. The maximum atomic E-state index is 8.88. The van der Waals surface area contributed by atoms with Crippen LogP contribution in [0.2, 0.25) is 5.02 Å². The first-order valence-electron chi connectivity index (χ1n) is 8.01. The highest BCUT2D eigenvalue weighted by Crippen LogP contribution is 2.40. The van der Waals surface area contributed by atoms with Gasteiger partial charge in [-0.3, -0.25) is 0 Å². The Kier molecular flexibility index (Phi) is 7.51. The number of nitrogens with one attached hydrogen (secondary N) is 1. The van der Waals surface area contributed by atoms with Crippen LogP contribution in [-0.2, 0) is 4.74 Å². The van der Waals surface area contributed by atoms with Crippen molar-refractivity contribution in [1.82, 2.24) is 5.32 Å². The van der Waals surface area contributed by atoms with Crippen LogP contribution in [0.5, 0.6) is 0 Å². The minimum Gasteiger partial charge on any atom is -0.375 e. The Morgan fingerprint density at radius 2 is 1.95 bits per heavy atom. The topological polar surface area (TPSA) is 41.5 Å². The summed E-state index contributed by atoms with van der Waals surface area (Å²) in [5.74, 6) is 0.766. The molecule has 2 rings (SSSR count). The molecule has 124 valence electrons. The van der Waals surface area contributed by atoms with Crippen LogP contribution in [0.25, 0.3) is 0 Å². The van der Waals surface area contributed by atoms with Crippen molar-refractivity contribution in [3.8, 4) is 0 Å². The SMILES string of the molecule is COC(c1ccc(Cl)cc1)C1(NCCCSO)CCCCC1. The van der Waals surface area contributed by atoms with Crippen LogP contribution in [0.15, 0.2) is 24.3 Å². The molecular weight excluding hydrogens is 318 g/mol. The third-order valence-electron chi connectivity index (χ3n) is 4.55. The average Bonchev–Trinajstić information content (AvgIpc) is 2.55. The van der Waals surface area contributed by atoms with E-state index in [1.54, 1.807) is 7.11 Å². The summed E-state index contributed by atoms with van der Waals surface area (Å²) in [6.45, 7) is 0.904. The highest BCUT2D eigenvalue weighted by atomic mass is 35.5. The van der Waals surface area contributed by atoms with Crippen LogP contribution in [0.1, 0.15) is 50.2 Å². The van der Waals surface area contributed by atoms with Gasteiger partial charge in [0.25, 0.3) is 0 Å². The van der Waals surface area contributed by atoms with E-state index < -0.39 is 0 Å². The molecule has 0 bridgehead atoms. The molecule has 22 heavy (non-hydrogen) atoms. The molecule has 0 aromatic heterocycles. The van der Waals surface area contributed by atoms with Crippen molar-refractivity contribution >= 4 is 23.6 Å². The lowest BCUT2D eigenvalue weighted by Gasteiger charge is -2.44. The van der Waals surface area contributed by atoms with Gasteiger partial charge in [-0.25, -0.2) is 0 Å². The molecular formula is C17H26ClNO2S. The van der Waals surface area contributed by atoms with Crippen molar-refractivity contribution in [3.05, 3.63) is 34.9 Å². The zero-order chi connectivity index (χ0) is 15.8. The summed E-state index contributed by atoms with van der Waals surface area (Å²) in [4.78, 5) is 0. The van der Waals surface area contributed by atoms with Crippen LogP contribution in [-0.4, -0.2) is 29.5 Å². The van der Waals surface area contributed by atoms with E-state index in [4.69, 9.17) is 20.9 Å². The van der Waals surface area contributed by atoms with E-state index in [2.05, 4.69) is 17.4 Å². The molecule has 1 aromatic rings. The molecule has 0 aliphatic heterocycles. The fourth-order valence-electron chi connectivity index (χ4n) is 3.51. The second kappa shape index (κ2) is 9.14. The minimum atomic E-state index is -0.0129. The summed E-state index contributed by atoms with van der Waals surface area (Å²) in [7, 11) is 1.79. The Morgan fingerprint density at radius 3 is 2.55 bits per heavy atom. The van der Waals surface area contributed by atoms with Crippen molar-refractivity contribution in [3.63, 3.8) is 0 Å². The molecule has 0 amide bonds. The van der Waals surface area contributed by atoms with E-state index in [1.807, 2.05) is 12.1 Å². The number of methoxy groups -OCH3 is 1. The quantitative estimate of drug-likeness (QED) is 0.519. The van der Waals surface area contributed by atoms with E-state index in [0.717, 1.165) is 48.6 Å². The summed E-state index contributed by atoms with van der Waals surface area (Å²) in [6, 6.07) is 8.00. The van der Waals surface area contributed by atoms with Gasteiger partial charge in [-0.2, -0.15) is 0 Å². The Labute approximate surface area is 143 Å². The van der Waals surface area contributed by atoms with Gasteiger partial charge in [-0.05, 0) is 55.5 Å². The van der Waals surface area contributed by atoms with E-state index in [-0.39, 0.29) is 11.6 Å². The zero-order valence-corrected chi connectivity index (χ0v) is 14.8. The Bertz CT molecular complexity index is 435. The van der Waals surface area contributed by atoms with Gasteiger partial charge < -0.3 is 14.6 Å². The zero-order valence-electron chi connectivity index (χ0n) is 13.2. The summed E-state index contributed by atoms with van der Waals surface area (Å²) >= 11 is 6.93. The monoisotopic (exact) mass is 343 g/mol. The molecule has 1 aliphatic carbocycles. The molecule has 1 atom stereocenters. The van der Waals surface area contributed by atoms with Crippen LogP contribution in [0, 0.1) is 0 Å².